The SMILES string of the molecule is C.CC(C)(C)c1ccc2c(c1)-c1cc(C(C)(C)C)ccc1C2.CC(C)(C)c1ccc2c(c1)c1cc(C(C)(C)C)ccc1n2-c1ccc(S(=O)(=O)c2ccc(-n3c4ccc(C(C)(C)C)cc4c4cc(C(C)(C)C)ccc43)cn2)nc1.O=S(=O)(c1ccc(Br)cn1)c1ccc(Br)cn1.PBr.[2H]C. The van der Waals surface area contributed by atoms with Crippen LogP contribution in [0.15, 0.2) is 212 Å². The number of pyridine rings is 4. The van der Waals surface area contributed by atoms with Gasteiger partial charge in [-0.05, 0) is 223 Å². The van der Waals surface area contributed by atoms with Crippen molar-refractivity contribution >= 4 is 119 Å². The summed E-state index contributed by atoms with van der Waals surface area (Å²) < 4.78 is 63.9. The summed E-state index contributed by atoms with van der Waals surface area (Å²) in [5.41, 5.74) is 19.9. The van der Waals surface area contributed by atoms with Crippen molar-refractivity contribution in [3.05, 3.63) is 236 Å². The number of hydrogen-bond donors (Lipinski definition) is 0. The van der Waals surface area contributed by atoms with E-state index in [0.717, 1.165) is 70.4 Å². The van der Waals surface area contributed by atoms with Crippen LogP contribution in [0, 0.1) is 0 Å². The fraction of sp³-hybridized carbons (Fsp3) is 0.325. The number of hydrogen-bond acceptors (Lipinski definition) is 8. The van der Waals surface area contributed by atoms with Crippen LogP contribution in [0.3, 0.4) is 0 Å². The molecule has 0 N–H and O–H groups in total. The van der Waals surface area contributed by atoms with Crippen LogP contribution >= 0.6 is 55.3 Å². The molecule has 1 aliphatic rings. The molecule has 6 aromatic carbocycles. The van der Waals surface area contributed by atoms with Crippen molar-refractivity contribution < 1.29 is 18.2 Å². The molecule has 0 radical (unpaired) electrons. The minimum absolute atomic E-state index is 0. The first-order chi connectivity index (χ1) is 46.2. The lowest BCUT2D eigenvalue weighted by Crippen LogP contribution is -2.11. The molecule has 99 heavy (non-hydrogen) atoms. The van der Waals surface area contributed by atoms with Crippen LogP contribution < -0.4 is 0 Å². The quantitative estimate of drug-likeness (QED) is 0.151. The van der Waals surface area contributed by atoms with Crippen molar-refractivity contribution in [3.63, 3.8) is 0 Å². The van der Waals surface area contributed by atoms with Crippen molar-refractivity contribution in [1.29, 1.82) is 0 Å². The van der Waals surface area contributed by atoms with Crippen molar-refractivity contribution in [2.24, 2.45) is 0 Å². The maximum absolute atomic E-state index is 14.1. The van der Waals surface area contributed by atoms with E-state index in [4.69, 9.17) is 1.37 Å². The van der Waals surface area contributed by atoms with Crippen LogP contribution in [-0.2, 0) is 58.6 Å². The summed E-state index contributed by atoms with van der Waals surface area (Å²) in [5, 5.41) is 4.53. The van der Waals surface area contributed by atoms with E-state index in [1.807, 2.05) is 12.1 Å². The Balaban J connectivity index is 0.000000240. The first-order valence-electron chi connectivity index (χ1n) is 33.5. The molecule has 0 spiro atoms. The average molecular weight is 1580 g/mol. The maximum Gasteiger partial charge on any atom is 0.241 e. The van der Waals surface area contributed by atoms with E-state index >= 15 is 0 Å². The molecule has 0 saturated heterocycles. The molecule has 0 bridgehead atoms. The molecule has 1 atom stereocenters. The zero-order valence-corrected chi connectivity index (χ0v) is 67.4. The minimum Gasteiger partial charge on any atom is -0.308 e. The van der Waals surface area contributed by atoms with Gasteiger partial charge in [0.05, 0.1) is 45.8 Å². The number of aromatic nitrogens is 6. The molecular weight excluding hydrogens is 1480 g/mol. The third kappa shape index (κ3) is 16.3. The first kappa shape index (κ1) is 76.5. The Labute approximate surface area is 617 Å². The maximum atomic E-state index is 14.1. The molecule has 1 aliphatic carbocycles. The van der Waals surface area contributed by atoms with Gasteiger partial charge in [-0.2, -0.15) is 0 Å². The molecule has 0 fully saturated rings. The second kappa shape index (κ2) is 29.0. The topological polar surface area (TPSA) is 130 Å². The minimum atomic E-state index is -4.01. The van der Waals surface area contributed by atoms with Crippen LogP contribution in [0.2, 0.25) is 0 Å². The van der Waals surface area contributed by atoms with Gasteiger partial charge in [0, 0.05) is 44.3 Å². The molecule has 10 nitrogen and oxygen atoms in total. The molecule has 13 rings (SSSR count). The highest BCUT2D eigenvalue weighted by atomic mass is 79.9. The van der Waals surface area contributed by atoms with E-state index < -0.39 is 19.7 Å². The Morgan fingerprint density at radius 1 is 0.343 bits per heavy atom. The van der Waals surface area contributed by atoms with E-state index in [9.17, 15) is 16.8 Å². The van der Waals surface area contributed by atoms with Gasteiger partial charge < -0.3 is 9.13 Å². The van der Waals surface area contributed by atoms with E-state index in [1.54, 1.807) is 36.7 Å². The summed E-state index contributed by atoms with van der Waals surface area (Å²) in [6.07, 6.45) is 7.27. The van der Waals surface area contributed by atoms with E-state index in [0.29, 0.717) is 0 Å². The van der Waals surface area contributed by atoms with Crippen molar-refractivity contribution in [2.75, 3.05) is 0 Å². The molecule has 16 heteroatoms. The van der Waals surface area contributed by atoms with Gasteiger partial charge >= 0.3 is 0 Å². The Morgan fingerprint density at radius 2 is 0.576 bits per heavy atom. The summed E-state index contributed by atoms with van der Waals surface area (Å²) in [6.45, 7) is 40.5. The Bertz CT molecular complexity index is 4730. The summed E-state index contributed by atoms with van der Waals surface area (Å²) in [5.74, 6) is 0. The molecule has 0 aliphatic heterocycles. The predicted octanol–water partition coefficient (Wildman–Crippen LogP) is 23.8. The van der Waals surface area contributed by atoms with Crippen molar-refractivity contribution in [3.8, 4) is 22.5 Å². The largest absolute Gasteiger partial charge is 0.308 e. The number of sulfone groups is 2. The highest BCUT2D eigenvalue weighted by molar-refractivity contribution is 9.34. The van der Waals surface area contributed by atoms with E-state index in [2.05, 4.69) is 318 Å². The fourth-order valence-electron chi connectivity index (χ4n) is 12.2. The summed E-state index contributed by atoms with van der Waals surface area (Å²) >= 11 is 9.25. The van der Waals surface area contributed by atoms with Gasteiger partial charge in [-0.25, -0.2) is 36.8 Å². The van der Waals surface area contributed by atoms with E-state index in [1.165, 1.54) is 87.6 Å². The highest BCUT2D eigenvalue weighted by Crippen LogP contribution is 2.43. The normalized spacial score (nSPS) is 12.8. The van der Waals surface area contributed by atoms with Crippen molar-refractivity contribution in [1.82, 2.24) is 29.1 Å². The molecule has 12 aromatic rings. The van der Waals surface area contributed by atoms with Gasteiger partial charge in [0.1, 0.15) is 0 Å². The summed E-state index contributed by atoms with van der Waals surface area (Å²) in [6, 6.07) is 53.7. The number of halogens is 3. The standard InChI is InChI=1S/C50H54N4O2S.C21H26.C10H6Br2N2O2S.2CH4.BrH2P/c1-47(2,3)31-13-19-41-37(25-31)38-26-32(48(4,5)6)14-20-42(38)53(41)35-17-23-45(51-29-35)57(55,56)46-24-18-36(30-52-46)54-43-21-15-33(49(7,8)9)27-39(43)40-28-34(50(10,11)12)16-22-44(40)54;1-20(2,3)16-9-7-14-11-15-8-10-17(21(4,5)6)13-19(15)18(14)12-16;11-7-1-3-9(13-5-7)17(15,16)10-4-2-8(12)6-14-10;;;1-2/h13-30H,1-12H3;7-10,12-13H,11H2,1-6H3;1-6H;2*1H4;2H2/i;;;1D;;. The van der Waals surface area contributed by atoms with Gasteiger partial charge in [-0.15, -0.1) is 0 Å². The second-order valence-electron chi connectivity index (χ2n) is 31.4. The smallest absolute Gasteiger partial charge is 0.241 e. The van der Waals surface area contributed by atoms with E-state index in [-0.39, 0.29) is 60.0 Å². The lowest BCUT2D eigenvalue weighted by molar-refractivity contribution is 0.587. The van der Waals surface area contributed by atoms with Gasteiger partial charge in [0.15, 0.2) is 20.1 Å². The van der Waals surface area contributed by atoms with Crippen LogP contribution in [0.25, 0.3) is 66.1 Å². The molecule has 6 aromatic heterocycles. The molecule has 6 heterocycles. The first-order valence-corrected chi connectivity index (χ1v) is 40.3. The summed E-state index contributed by atoms with van der Waals surface area (Å²) in [4.78, 5) is 16.9. The number of nitrogens with zero attached hydrogens (tertiary/aromatic N) is 6. The second-order valence-corrected chi connectivity index (χ2v) is 36.9. The third-order valence-corrected chi connectivity index (χ3v) is 22.2. The van der Waals surface area contributed by atoms with Gasteiger partial charge in [0.25, 0.3) is 0 Å². The zero-order valence-electron chi connectivity index (χ0n) is 60.9. The Hall–Kier alpha value is -6.71. The Morgan fingerprint density at radius 3 is 0.798 bits per heavy atom. The number of rotatable bonds is 6. The summed E-state index contributed by atoms with van der Waals surface area (Å²) in [7, 11) is -4.17. The zero-order chi connectivity index (χ0) is 72.9. The third-order valence-electron chi connectivity index (χ3n) is 18.1. The average Bonchev–Trinajstić information content (AvgIpc) is 1.59. The lowest BCUT2D eigenvalue weighted by Gasteiger charge is -2.21. The lowest BCUT2D eigenvalue weighted by atomic mass is 9.83. The number of benzene rings is 6. The van der Waals surface area contributed by atoms with Crippen LogP contribution in [0.1, 0.15) is 185 Å². The van der Waals surface area contributed by atoms with Crippen LogP contribution in [-0.4, -0.2) is 45.9 Å². The van der Waals surface area contributed by atoms with Gasteiger partial charge in [-0.3, -0.25) is 0 Å². The Kier molecular flexibility index (Phi) is 22.4. The fourth-order valence-corrected chi connectivity index (χ4v) is 14.8. The number of fused-ring (bicyclic) bond motifs is 9. The molecule has 0 saturated carbocycles. The molecule has 1 unspecified atom stereocenters. The van der Waals surface area contributed by atoms with Crippen LogP contribution in [0.5, 0.6) is 0 Å². The highest BCUT2D eigenvalue weighted by Gasteiger charge is 2.29. The molecule has 520 valence electrons. The van der Waals surface area contributed by atoms with Crippen LogP contribution in [0.4, 0.5) is 0 Å². The van der Waals surface area contributed by atoms with Crippen molar-refractivity contribution in [2.45, 2.75) is 198 Å². The molecular formula is C83H96Br3N6O4PS2. The predicted molar refractivity (Wildman–Crippen MR) is 431 cm³/mol. The molecule has 0 amide bonds. The van der Waals surface area contributed by atoms with Gasteiger partial charge in [-0.1, -0.05) is 224 Å². The monoisotopic (exact) mass is 1570 g/mol. The van der Waals surface area contributed by atoms with Gasteiger partial charge in [0.2, 0.25) is 19.7 Å².